The van der Waals surface area contributed by atoms with Crippen molar-refractivity contribution in [1.29, 1.82) is 5.26 Å². The van der Waals surface area contributed by atoms with Crippen molar-refractivity contribution in [3.8, 4) is 6.07 Å². The van der Waals surface area contributed by atoms with Crippen LogP contribution in [0.3, 0.4) is 0 Å². The minimum atomic E-state index is -0.929. The summed E-state index contributed by atoms with van der Waals surface area (Å²) in [4.78, 5) is 0. The van der Waals surface area contributed by atoms with E-state index in [9.17, 15) is 10.4 Å². The molecule has 19 heavy (non-hydrogen) atoms. The Bertz CT molecular complexity index is 491. The zero-order valence-corrected chi connectivity index (χ0v) is 12.4. The molecule has 1 N–H and O–H groups in total. The highest BCUT2D eigenvalue weighted by Crippen LogP contribution is 2.50. The van der Waals surface area contributed by atoms with Crippen LogP contribution in [-0.2, 0) is 0 Å². The first-order valence-electron chi connectivity index (χ1n) is 6.53. The van der Waals surface area contributed by atoms with E-state index in [2.05, 4.69) is 13.0 Å². The van der Waals surface area contributed by atoms with Crippen LogP contribution in [-0.4, -0.2) is 5.11 Å². The number of rotatable bonds is 2. The summed E-state index contributed by atoms with van der Waals surface area (Å²) in [6.07, 6.45) is 2.50. The first-order chi connectivity index (χ1) is 9.00. The molecule has 3 atom stereocenters. The van der Waals surface area contributed by atoms with E-state index in [1.54, 1.807) is 18.2 Å². The van der Waals surface area contributed by atoms with Gasteiger partial charge in [-0.05, 0) is 30.9 Å². The Hall–Kier alpha value is -0.750. The number of hydrogen-bond donors (Lipinski definition) is 1. The highest BCUT2D eigenvalue weighted by molar-refractivity contribution is 6.36. The van der Waals surface area contributed by atoms with Gasteiger partial charge in [0.15, 0.2) is 0 Å². The molecular formula is C15H17Cl2NO. The van der Waals surface area contributed by atoms with Crippen molar-refractivity contribution < 1.29 is 5.11 Å². The van der Waals surface area contributed by atoms with Crippen molar-refractivity contribution in [2.75, 3.05) is 0 Å². The summed E-state index contributed by atoms with van der Waals surface area (Å²) in [7, 11) is 0. The van der Waals surface area contributed by atoms with Crippen LogP contribution < -0.4 is 0 Å². The Kier molecular flexibility index (Phi) is 4.40. The molecular weight excluding hydrogens is 281 g/mol. The highest BCUT2D eigenvalue weighted by Gasteiger charge is 2.43. The van der Waals surface area contributed by atoms with E-state index in [0.717, 1.165) is 12.8 Å². The van der Waals surface area contributed by atoms with Gasteiger partial charge in [0.25, 0.3) is 0 Å². The zero-order valence-electron chi connectivity index (χ0n) is 10.9. The van der Waals surface area contributed by atoms with Gasteiger partial charge in [0.1, 0.15) is 6.10 Å². The number of nitrogens with zero attached hydrogens (tertiary/aromatic N) is 1. The molecule has 2 nitrogen and oxygen atoms in total. The van der Waals surface area contributed by atoms with Gasteiger partial charge in [-0.1, -0.05) is 49.0 Å². The summed E-state index contributed by atoms with van der Waals surface area (Å²) in [5.74, 6) is 0.435. The average molecular weight is 298 g/mol. The second kappa shape index (κ2) is 5.71. The Morgan fingerprint density at radius 2 is 2.05 bits per heavy atom. The maximum Gasteiger partial charge on any atom is 0.100 e. The summed E-state index contributed by atoms with van der Waals surface area (Å²) in [6, 6.07) is 7.47. The largest absolute Gasteiger partial charge is 0.387 e. The number of halogens is 2. The van der Waals surface area contributed by atoms with E-state index in [-0.39, 0.29) is 0 Å². The third-order valence-electron chi connectivity index (χ3n) is 4.05. The lowest BCUT2D eigenvalue weighted by atomic mass is 9.66. The molecule has 0 aromatic heterocycles. The van der Waals surface area contributed by atoms with Gasteiger partial charge < -0.3 is 5.11 Å². The molecule has 4 heteroatoms. The van der Waals surface area contributed by atoms with Crippen molar-refractivity contribution in [2.24, 2.45) is 11.3 Å². The quantitative estimate of drug-likeness (QED) is 0.856. The monoisotopic (exact) mass is 297 g/mol. The molecule has 1 aromatic carbocycles. The standard InChI is InChI=1S/C15H17Cl2NO/c1-10-4-3-7-15(8-10,9-18)14(19)13-11(16)5-2-6-12(13)17/h2,5-6,10,14,19H,3-4,7-8H2,1H3. The Balaban J connectivity index is 2.41. The number of nitriles is 1. The van der Waals surface area contributed by atoms with Crippen LogP contribution in [0.4, 0.5) is 0 Å². The lowest BCUT2D eigenvalue weighted by molar-refractivity contribution is 0.0221. The predicted octanol–water partition coefficient (Wildman–Crippen LogP) is 4.75. The van der Waals surface area contributed by atoms with Crippen LogP contribution >= 0.6 is 23.2 Å². The molecule has 1 aliphatic carbocycles. The van der Waals surface area contributed by atoms with Gasteiger partial charge in [0.2, 0.25) is 0 Å². The average Bonchev–Trinajstić information content (AvgIpc) is 2.38. The second-order valence-corrected chi connectivity index (χ2v) is 6.32. The van der Waals surface area contributed by atoms with Gasteiger partial charge in [-0.2, -0.15) is 5.26 Å². The Morgan fingerprint density at radius 3 is 2.58 bits per heavy atom. The van der Waals surface area contributed by atoms with E-state index >= 15 is 0 Å². The second-order valence-electron chi connectivity index (χ2n) is 5.51. The van der Waals surface area contributed by atoms with E-state index in [0.29, 0.717) is 34.4 Å². The van der Waals surface area contributed by atoms with Gasteiger partial charge >= 0.3 is 0 Å². The van der Waals surface area contributed by atoms with Crippen LogP contribution in [0, 0.1) is 22.7 Å². The third-order valence-corrected chi connectivity index (χ3v) is 4.71. The van der Waals surface area contributed by atoms with Crippen molar-refractivity contribution in [3.63, 3.8) is 0 Å². The molecule has 0 bridgehead atoms. The van der Waals surface area contributed by atoms with Gasteiger partial charge in [0.05, 0.1) is 11.5 Å². The number of hydrogen-bond acceptors (Lipinski definition) is 2. The Labute approximate surface area is 124 Å². The number of benzene rings is 1. The van der Waals surface area contributed by atoms with Gasteiger partial charge in [-0.15, -0.1) is 0 Å². The minimum Gasteiger partial charge on any atom is -0.387 e. The summed E-state index contributed by atoms with van der Waals surface area (Å²) in [5, 5.41) is 21.1. The molecule has 0 amide bonds. The van der Waals surface area contributed by atoms with Crippen LogP contribution in [0.1, 0.15) is 44.3 Å². The van der Waals surface area contributed by atoms with Gasteiger partial charge in [-0.3, -0.25) is 0 Å². The fraction of sp³-hybridized carbons (Fsp3) is 0.533. The summed E-state index contributed by atoms with van der Waals surface area (Å²) < 4.78 is 0. The lowest BCUT2D eigenvalue weighted by Crippen LogP contribution is -2.33. The molecule has 0 saturated heterocycles. The molecule has 0 radical (unpaired) electrons. The molecule has 3 unspecified atom stereocenters. The summed E-state index contributed by atoms with van der Waals surface area (Å²) in [5.41, 5.74) is -0.284. The normalized spacial score (nSPS) is 28.7. The van der Waals surface area contributed by atoms with E-state index < -0.39 is 11.5 Å². The maximum absolute atomic E-state index is 10.7. The first kappa shape index (κ1) is 14.7. The molecule has 2 rings (SSSR count). The molecule has 0 spiro atoms. The van der Waals surface area contributed by atoms with Crippen molar-refractivity contribution in [3.05, 3.63) is 33.8 Å². The first-order valence-corrected chi connectivity index (χ1v) is 7.29. The van der Waals surface area contributed by atoms with Crippen LogP contribution in [0.15, 0.2) is 18.2 Å². The van der Waals surface area contributed by atoms with Crippen molar-refractivity contribution in [1.82, 2.24) is 0 Å². The molecule has 1 saturated carbocycles. The van der Waals surface area contributed by atoms with Crippen molar-refractivity contribution >= 4 is 23.2 Å². The van der Waals surface area contributed by atoms with Gasteiger partial charge in [-0.25, -0.2) is 0 Å². The molecule has 0 heterocycles. The lowest BCUT2D eigenvalue weighted by Gasteiger charge is -2.38. The van der Waals surface area contributed by atoms with Crippen molar-refractivity contribution in [2.45, 2.75) is 38.7 Å². The topological polar surface area (TPSA) is 44.0 Å². The van der Waals surface area contributed by atoms with Gasteiger partial charge in [0, 0.05) is 15.6 Å². The SMILES string of the molecule is CC1CCCC(C#N)(C(O)c2c(Cl)cccc2Cl)C1. The maximum atomic E-state index is 10.7. The summed E-state index contributed by atoms with van der Waals surface area (Å²) in [6.45, 7) is 2.12. The smallest absolute Gasteiger partial charge is 0.100 e. The van der Waals surface area contributed by atoms with Crippen LogP contribution in [0.2, 0.25) is 10.0 Å². The Morgan fingerprint density at radius 1 is 1.42 bits per heavy atom. The van der Waals surface area contributed by atoms with Crippen LogP contribution in [0.25, 0.3) is 0 Å². The van der Waals surface area contributed by atoms with E-state index in [1.165, 1.54) is 0 Å². The molecule has 0 aliphatic heterocycles. The molecule has 1 aliphatic rings. The number of aliphatic hydroxyl groups excluding tert-OH is 1. The van der Waals surface area contributed by atoms with Crippen LogP contribution in [0.5, 0.6) is 0 Å². The van der Waals surface area contributed by atoms with E-state index in [4.69, 9.17) is 23.2 Å². The third kappa shape index (κ3) is 2.74. The fourth-order valence-corrected chi connectivity index (χ4v) is 3.66. The minimum absolute atomic E-state index is 0.424. The molecule has 1 aromatic rings. The predicted molar refractivity (Wildman–Crippen MR) is 77.1 cm³/mol. The fourth-order valence-electron chi connectivity index (χ4n) is 3.05. The number of aliphatic hydroxyl groups is 1. The summed E-state index contributed by atoms with van der Waals surface area (Å²) >= 11 is 12.3. The molecule has 102 valence electrons. The highest BCUT2D eigenvalue weighted by atomic mass is 35.5. The van der Waals surface area contributed by atoms with E-state index in [1.807, 2.05) is 0 Å². The zero-order chi connectivity index (χ0) is 14.0. The molecule has 1 fully saturated rings.